The molecule has 0 unspecified atom stereocenters. The summed E-state index contributed by atoms with van der Waals surface area (Å²) in [4.78, 5) is 19.9. The summed E-state index contributed by atoms with van der Waals surface area (Å²) in [5, 5.41) is 10.7. The van der Waals surface area contributed by atoms with Crippen LogP contribution in [0.5, 0.6) is 0 Å². The van der Waals surface area contributed by atoms with E-state index in [4.69, 9.17) is 6.57 Å². The lowest BCUT2D eigenvalue weighted by molar-refractivity contribution is -0.138. The fourth-order valence-corrected chi connectivity index (χ4v) is 3.13. The minimum Gasteiger partial charge on any atom is -0.380 e. The number of carbonyl (C=O) groups is 1. The Morgan fingerprint density at radius 3 is 2.62 bits per heavy atom. The Balaban J connectivity index is 1.83. The molecule has 2 aromatic heterocycles. The molecule has 29 heavy (non-hydrogen) atoms. The number of hydrogen-bond acceptors (Lipinski definition) is 3. The second-order valence-electron chi connectivity index (χ2n) is 7.14. The number of carbonyl (C=O) groups excluding carboxylic acids is 1. The van der Waals surface area contributed by atoms with E-state index in [2.05, 4.69) is 9.83 Å². The number of rotatable bonds is 5. The van der Waals surface area contributed by atoms with Crippen LogP contribution in [-0.2, 0) is 23.9 Å². The van der Waals surface area contributed by atoms with Crippen molar-refractivity contribution in [1.29, 1.82) is 0 Å². The molecule has 0 bridgehead atoms. The third-order valence-corrected chi connectivity index (χ3v) is 4.69. The van der Waals surface area contributed by atoms with Gasteiger partial charge in [-0.05, 0) is 37.6 Å². The molecule has 150 valence electrons. The molecule has 0 aliphatic carbocycles. The molecule has 0 spiro atoms. The fourth-order valence-electron chi connectivity index (χ4n) is 3.13. The molecule has 2 heterocycles. The number of alkyl halides is 3. The second kappa shape index (κ2) is 7.33. The number of aliphatic hydroxyl groups is 1. The SMILES string of the molecule is [C-]#[N+]c1ccc(CC(=O)[C@@](C)(O)Cn2ccc3nc(C)ccc32)cc1C(F)(F)F. The van der Waals surface area contributed by atoms with Crippen LogP contribution >= 0.6 is 0 Å². The van der Waals surface area contributed by atoms with Crippen LogP contribution in [0.15, 0.2) is 42.6 Å². The van der Waals surface area contributed by atoms with Crippen molar-refractivity contribution in [3.8, 4) is 0 Å². The zero-order valence-corrected chi connectivity index (χ0v) is 15.8. The second-order valence-corrected chi connectivity index (χ2v) is 7.14. The zero-order chi connectivity index (χ0) is 21.4. The Morgan fingerprint density at radius 1 is 1.24 bits per heavy atom. The van der Waals surface area contributed by atoms with E-state index in [1.807, 2.05) is 19.1 Å². The van der Waals surface area contributed by atoms with Gasteiger partial charge in [-0.1, -0.05) is 18.2 Å². The van der Waals surface area contributed by atoms with E-state index in [9.17, 15) is 23.1 Å². The van der Waals surface area contributed by atoms with Gasteiger partial charge in [-0.25, -0.2) is 4.85 Å². The van der Waals surface area contributed by atoms with E-state index in [1.165, 1.54) is 13.0 Å². The fraction of sp³-hybridized carbons (Fsp3) is 0.286. The number of Topliss-reactive ketones (excluding diaryl/α,β-unsaturated/α-hetero) is 1. The van der Waals surface area contributed by atoms with Crippen molar-refractivity contribution >= 4 is 22.5 Å². The van der Waals surface area contributed by atoms with E-state index < -0.39 is 28.8 Å². The average Bonchev–Trinajstić information content (AvgIpc) is 3.02. The molecule has 0 amide bonds. The van der Waals surface area contributed by atoms with Crippen LogP contribution in [0.4, 0.5) is 18.9 Å². The summed E-state index contributed by atoms with van der Waals surface area (Å²) in [6, 6.07) is 8.54. The lowest BCUT2D eigenvalue weighted by Gasteiger charge is -2.23. The van der Waals surface area contributed by atoms with Gasteiger partial charge in [-0.3, -0.25) is 9.78 Å². The summed E-state index contributed by atoms with van der Waals surface area (Å²) >= 11 is 0. The van der Waals surface area contributed by atoms with Crippen molar-refractivity contribution in [2.45, 2.75) is 38.6 Å². The predicted octanol–water partition coefficient (Wildman–Crippen LogP) is 4.48. The van der Waals surface area contributed by atoms with Gasteiger partial charge in [0.2, 0.25) is 0 Å². The third-order valence-electron chi connectivity index (χ3n) is 4.69. The van der Waals surface area contributed by atoms with Crippen LogP contribution < -0.4 is 0 Å². The van der Waals surface area contributed by atoms with Crippen molar-refractivity contribution < 1.29 is 23.1 Å². The Kier molecular flexibility index (Phi) is 5.20. The Labute approximate surface area is 165 Å². The monoisotopic (exact) mass is 401 g/mol. The Bertz CT molecular complexity index is 1120. The van der Waals surface area contributed by atoms with Crippen LogP contribution in [0.25, 0.3) is 15.9 Å². The summed E-state index contributed by atoms with van der Waals surface area (Å²) in [6.45, 7) is 10.00. The van der Waals surface area contributed by atoms with E-state index in [0.29, 0.717) is 0 Å². The maximum atomic E-state index is 13.1. The van der Waals surface area contributed by atoms with Crippen molar-refractivity contribution in [2.75, 3.05) is 0 Å². The molecule has 5 nitrogen and oxygen atoms in total. The first-order chi connectivity index (χ1) is 13.5. The number of hydrogen-bond donors (Lipinski definition) is 1. The highest BCUT2D eigenvalue weighted by atomic mass is 19.4. The first-order valence-electron chi connectivity index (χ1n) is 8.77. The lowest BCUT2D eigenvalue weighted by atomic mass is 9.94. The number of aromatic nitrogens is 2. The normalized spacial score (nSPS) is 13.8. The molecular formula is C21H18F3N3O2. The first-order valence-corrected chi connectivity index (χ1v) is 8.77. The van der Waals surface area contributed by atoms with Gasteiger partial charge in [0.15, 0.2) is 11.5 Å². The predicted molar refractivity (Wildman–Crippen MR) is 102 cm³/mol. The molecule has 0 radical (unpaired) electrons. The van der Waals surface area contributed by atoms with Gasteiger partial charge in [0.25, 0.3) is 0 Å². The van der Waals surface area contributed by atoms with Crippen LogP contribution in [0.1, 0.15) is 23.7 Å². The maximum Gasteiger partial charge on any atom is 0.407 e. The number of halogens is 3. The van der Waals surface area contributed by atoms with Crippen molar-refractivity contribution in [3.63, 3.8) is 0 Å². The number of benzene rings is 1. The zero-order valence-electron chi connectivity index (χ0n) is 15.8. The van der Waals surface area contributed by atoms with Gasteiger partial charge in [0, 0.05) is 18.3 Å². The standard InChI is InChI=1S/C21H18F3N3O2/c1-13-4-7-18-17(26-13)8-9-27(18)12-20(2,29)19(28)11-14-5-6-16(25-3)15(10-14)21(22,23)24/h4-10,29H,11-12H2,1-2H3/t20-/m0/s1. The number of aryl methyl sites for hydroxylation is 1. The lowest BCUT2D eigenvalue weighted by Crippen LogP contribution is -2.40. The quantitative estimate of drug-likeness (QED) is 0.642. The van der Waals surface area contributed by atoms with E-state index in [1.54, 1.807) is 16.8 Å². The van der Waals surface area contributed by atoms with Crippen LogP contribution in [0.2, 0.25) is 0 Å². The van der Waals surface area contributed by atoms with Gasteiger partial charge in [-0.15, -0.1) is 0 Å². The number of pyridine rings is 1. The minimum absolute atomic E-state index is 0.0632. The molecule has 1 N–H and O–H groups in total. The first kappa shape index (κ1) is 20.6. The molecule has 8 heteroatoms. The molecule has 1 aromatic carbocycles. The topological polar surface area (TPSA) is 59.5 Å². The van der Waals surface area contributed by atoms with Gasteiger partial charge >= 0.3 is 6.18 Å². The molecule has 0 saturated carbocycles. The van der Waals surface area contributed by atoms with E-state index in [0.717, 1.165) is 28.9 Å². The number of nitrogens with zero attached hydrogens (tertiary/aromatic N) is 3. The van der Waals surface area contributed by atoms with Gasteiger partial charge in [0.1, 0.15) is 5.60 Å². The van der Waals surface area contributed by atoms with E-state index >= 15 is 0 Å². The van der Waals surface area contributed by atoms with Crippen molar-refractivity contribution in [1.82, 2.24) is 9.55 Å². The summed E-state index contributed by atoms with van der Waals surface area (Å²) < 4.78 is 41.1. The summed E-state index contributed by atoms with van der Waals surface area (Å²) in [5.41, 5.74) is -1.03. The molecule has 3 aromatic rings. The molecule has 0 saturated heterocycles. The highest BCUT2D eigenvalue weighted by Crippen LogP contribution is 2.37. The summed E-state index contributed by atoms with van der Waals surface area (Å²) in [6.07, 6.45) is -3.38. The highest BCUT2D eigenvalue weighted by Gasteiger charge is 2.35. The molecule has 3 rings (SSSR count). The van der Waals surface area contributed by atoms with Gasteiger partial charge in [-0.2, -0.15) is 13.2 Å². The maximum absolute atomic E-state index is 13.1. The molecule has 0 aliphatic heterocycles. The molecule has 1 atom stereocenters. The summed E-state index contributed by atoms with van der Waals surface area (Å²) in [7, 11) is 0. The Morgan fingerprint density at radius 2 is 1.97 bits per heavy atom. The van der Waals surface area contributed by atoms with Gasteiger partial charge in [0.05, 0.1) is 29.7 Å². The number of fused-ring (bicyclic) bond motifs is 1. The minimum atomic E-state index is -4.70. The summed E-state index contributed by atoms with van der Waals surface area (Å²) in [5.74, 6) is -0.622. The largest absolute Gasteiger partial charge is 0.407 e. The van der Waals surface area contributed by atoms with Gasteiger partial charge < -0.3 is 9.67 Å². The van der Waals surface area contributed by atoms with Crippen molar-refractivity contribution in [3.05, 3.63) is 70.8 Å². The van der Waals surface area contributed by atoms with Crippen molar-refractivity contribution in [2.24, 2.45) is 0 Å². The average molecular weight is 401 g/mol. The smallest absolute Gasteiger partial charge is 0.380 e. The molecular weight excluding hydrogens is 383 g/mol. The van der Waals surface area contributed by atoms with E-state index in [-0.39, 0.29) is 18.5 Å². The number of ketones is 1. The molecule has 0 fully saturated rings. The highest BCUT2D eigenvalue weighted by molar-refractivity contribution is 5.89. The third kappa shape index (κ3) is 4.30. The van der Waals surface area contributed by atoms with Crippen LogP contribution in [0.3, 0.4) is 0 Å². The molecule has 0 aliphatic rings. The Hall–Kier alpha value is -3.18. The van der Waals surface area contributed by atoms with Crippen LogP contribution in [-0.4, -0.2) is 26.0 Å². The van der Waals surface area contributed by atoms with Crippen LogP contribution in [0, 0.1) is 13.5 Å².